The van der Waals surface area contributed by atoms with Crippen molar-refractivity contribution in [2.24, 2.45) is 0 Å². The summed E-state index contributed by atoms with van der Waals surface area (Å²) in [7, 11) is 0. The molecule has 4 aromatic rings. The molecular formula is C28H30F2N6O. The number of amides is 1. The fraction of sp³-hybridized carbons (Fsp3) is 0.214. The number of nitrogens with one attached hydrogen (secondary N) is 1. The first-order chi connectivity index (χ1) is 17.9. The van der Waals surface area contributed by atoms with Gasteiger partial charge in [0.2, 0.25) is 5.91 Å². The Morgan fingerprint density at radius 2 is 1.89 bits per heavy atom. The van der Waals surface area contributed by atoms with Gasteiger partial charge in [-0.2, -0.15) is 0 Å². The number of pyridine rings is 2. The monoisotopic (exact) mass is 504 g/mol. The normalized spacial score (nSPS) is 11.7. The van der Waals surface area contributed by atoms with Crippen molar-refractivity contribution in [3.63, 3.8) is 0 Å². The van der Waals surface area contributed by atoms with Gasteiger partial charge in [0.1, 0.15) is 23.0 Å². The molecule has 7 nitrogen and oxygen atoms in total. The van der Waals surface area contributed by atoms with E-state index >= 15 is 0 Å². The van der Waals surface area contributed by atoms with Crippen molar-refractivity contribution in [3.8, 4) is 22.5 Å². The van der Waals surface area contributed by atoms with Gasteiger partial charge in [-0.05, 0) is 36.8 Å². The van der Waals surface area contributed by atoms with Gasteiger partial charge in [0.25, 0.3) is 0 Å². The molecule has 0 saturated carbocycles. The number of allylic oxidation sites excluding steroid dienone is 4. The molecule has 1 aromatic carbocycles. The molecule has 0 unspecified atom stereocenters. The lowest BCUT2D eigenvalue weighted by Crippen LogP contribution is -2.06. The molecule has 0 fully saturated rings. The molecular weight excluding hydrogens is 474 g/mol. The Morgan fingerprint density at radius 1 is 1.11 bits per heavy atom. The quantitative estimate of drug-likeness (QED) is 0.268. The number of hydrogen-bond acceptors (Lipinski definition) is 5. The molecule has 0 atom stereocenters. The molecule has 37 heavy (non-hydrogen) atoms. The average molecular weight is 505 g/mol. The van der Waals surface area contributed by atoms with Gasteiger partial charge >= 0.3 is 0 Å². The number of aromatic nitrogens is 4. The predicted octanol–water partition coefficient (Wildman–Crippen LogP) is 6.84. The number of nitrogens with two attached hydrogens (primary N) is 1. The third kappa shape index (κ3) is 6.43. The summed E-state index contributed by atoms with van der Waals surface area (Å²) >= 11 is 0. The zero-order chi connectivity index (χ0) is 26.9. The molecule has 0 aliphatic carbocycles. The van der Waals surface area contributed by atoms with Gasteiger partial charge in [0, 0.05) is 37.0 Å². The maximum atomic E-state index is 14.8. The van der Waals surface area contributed by atoms with Crippen molar-refractivity contribution in [2.75, 3.05) is 11.1 Å². The molecule has 0 aliphatic heterocycles. The summed E-state index contributed by atoms with van der Waals surface area (Å²) < 4.78 is 30.7. The molecule has 9 heteroatoms. The maximum Gasteiger partial charge on any atom is 0.221 e. The summed E-state index contributed by atoms with van der Waals surface area (Å²) in [5.41, 5.74) is 9.92. The number of anilines is 2. The Balaban J connectivity index is 0.00000186. The fourth-order valence-corrected chi connectivity index (χ4v) is 3.70. The van der Waals surface area contributed by atoms with E-state index in [1.165, 1.54) is 6.92 Å². The molecule has 3 N–H and O–H groups in total. The van der Waals surface area contributed by atoms with Crippen molar-refractivity contribution in [3.05, 3.63) is 78.8 Å². The van der Waals surface area contributed by atoms with E-state index in [0.717, 1.165) is 5.56 Å². The van der Waals surface area contributed by atoms with Gasteiger partial charge < -0.3 is 15.6 Å². The van der Waals surface area contributed by atoms with Crippen LogP contribution in [0.25, 0.3) is 33.5 Å². The highest BCUT2D eigenvalue weighted by Gasteiger charge is 2.19. The molecule has 0 aliphatic rings. The van der Waals surface area contributed by atoms with Gasteiger partial charge in [-0.3, -0.25) is 9.78 Å². The van der Waals surface area contributed by atoms with E-state index in [1.54, 1.807) is 60.4 Å². The van der Waals surface area contributed by atoms with E-state index in [0.29, 0.717) is 33.7 Å². The third-order valence-electron chi connectivity index (χ3n) is 5.35. The van der Waals surface area contributed by atoms with Crippen LogP contribution in [0.3, 0.4) is 0 Å². The lowest BCUT2D eigenvalue weighted by atomic mass is 10.0. The molecule has 0 radical (unpaired) electrons. The molecule has 4 rings (SSSR count). The molecule has 0 spiro atoms. The highest BCUT2D eigenvalue weighted by molar-refractivity contribution is 5.90. The van der Waals surface area contributed by atoms with E-state index < -0.39 is 11.7 Å². The smallest absolute Gasteiger partial charge is 0.221 e. The molecule has 1 amide bonds. The minimum atomic E-state index is -0.897. The Hall–Kier alpha value is -4.40. The number of carbonyl (C=O) groups excluding carboxylic acids is 1. The first-order valence-corrected chi connectivity index (χ1v) is 12.0. The molecule has 192 valence electrons. The second-order valence-electron chi connectivity index (χ2n) is 7.89. The Morgan fingerprint density at radius 3 is 2.62 bits per heavy atom. The minimum absolute atomic E-state index is 0.129. The number of carbonyl (C=O) groups is 1. The van der Waals surface area contributed by atoms with Crippen molar-refractivity contribution < 1.29 is 13.6 Å². The van der Waals surface area contributed by atoms with Gasteiger partial charge in [-0.25, -0.2) is 18.7 Å². The number of hydrogen-bond donors (Lipinski definition) is 2. The average Bonchev–Trinajstić information content (AvgIpc) is 3.26. The van der Waals surface area contributed by atoms with Crippen LogP contribution in [0.2, 0.25) is 0 Å². The highest BCUT2D eigenvalue weighted by Crippen LogP contribution is 2.33. The fourth-order valence-electron chi connectivity index (χ4n) is 3.70. The zero-order valence-corrected chi connectivity index (χ0v) is 21.3. The first-order valence-electron chi connectivity index (χ1n) is 12.0. The van der Waals surface area contributed by atoms with Crippen molar-refractivity contribution in [2.45, 2.75) is 40.7 Å². The van der Waals surface area contributed by atoms with Crippen molar-refractivity contribution in [1.82, 2.24) is 19.5 Å². The molecule has 0 bridgehead atoms. The Labute approximate surface area is 214 Å². The Bertz CT molecular complexity index is 1460. The molecule has 3 aromatic heterocycles. The lowest BCUT2D eigenvalue weighted by Gasteiger charge is -2.12. The highest BCUT2D eigenvalue weighted by atomic mass is 19.2. The van der Waals surface area contributed by atoms with Gasteiger partial charge in [0.15, 0.2) is 5.83 Å². The summed E-state index contributed by atoms with van der Waals surface area (Å²) in [4.78, 5) is 24.5. The van der Waals surface area contributed by atoms with E-state index in [-0.39, 0.29) is 24.7 Å². The summed E-state index contributed by atoms with van der Waals surface area (Å²) in [5, 5.41) is 2.75. The largest absolute Gasteiger partial charge is 0.383 e. The third-order valence-corrected chi connectivity index (χ3v) is 5.35. The van der Waals surface area contributed by atoms with Crippen LogP contribution in [0.15, 0.2) is 78.8 Å². The number of benzene rings is 1. The number of rotatable bonds is 7. The summed E-state index contributed by atoms with van der Waals surface area (Å²) in [6.45, 7) is 6.82. The van der Waals surface area contributed by atoms with Crippen LogP contribution in [-0.4, -0.2) is 25.4 Å². The van der Waals surface area contributed by atoms with Crippen LogP contribution < -0.4 is 11.1 Å². The van der Waals surface area contributed by atoms with Crippen LogP contribution in [0, 0.1) is 0 Å². The van der Waals surface area contributed by atoms with Crippen LogP contribution in [0.1, 0.15) is 34.1 Å². The maximum absolute atomic E-state index is 14.8. The number of nitrogen functional groups attached to an aromatic ring is 1. The van der Waals surface area contributed by atoms with Gasteiger partial charge in [-0.1, -0.05) is 38.1 Å². The van der Waals surface area contributed by atoms with Crippen molar-refractivity contribution in [1.29, 1.82) is 0 Å². The van der Waals surface area contributed by atoms with Gasteiger partial charge in [0.05, 0.1) is 23.8 Å². The topological polar surface area (TPSA) is 98.7 Å². The van der Waals surface area contributed by atoms with E-state index in [4.69, 9.17) is 5.73 Å². The van der Waals surface area contributed by atoms with Crippen LogP contribution in [0.5, 0.6) is 0 Å². The number of fused-ring (bicyclic) bond motifs is 1. The Kier molecular flexibility index (Phi) is 9.21. The lowest BCUT2D eigenvalue weighted by molar-refractivity contribution is -0.114. The second-order valence-corrected chi connectivity index (χ2v) is 7.89. The van der Waals surface area contributed by atoms with E-state index in [2.05, 4.69) is 20.3 Å². The summed E-state index contributed by atoms with van der Waals surface area (Å²) in [6, 6.07) is 10.7. The number of halogens is 2. The zero-order valence-electron chi connectivity index (χ0n) is 21.3. The van der Waals surface area contributed by atoms with Crippen LogP contribution in [0.4, 0.5) is 20.3 Å². The summed E-state index contributed by atoms with van der Waals surface area (Å²) in [5.74, 6) is -1.40. The van der Waals surface area contributed by atoms with Gasteiger partial charge in [-0.15, -0.1) is 0 Å². The SMILES string of the molecule is C/C=C\C/C(F)=C(/F)Cn1c(-c2cc(-c3cccc(NC(C)=O)c3)cnc2N)nc2cnccc21.CC. The predicted molar refractivity (Wildman–Crippen MR) is 145 cm³/mol. The number of imidazole rings is 1. The minimum Gasteiger partial charge on any atom is -0.383 e. The van der Waals surface area contributed by atoms with Crippen molar-refractivity contribution >= 4 is 28.4 Å². The molecule has 3 heterocycles. The summed E-state index contributed by atoms with van der Waals surface area (Å²) in [6.07, 6.45) is 7.81. The second kappa shape index (κ2) is 12.5. The van der Waals surface area contributed by atoms with E-state index in [9.17, 15) is 13.6 Å². The first kappa shape index (κ1) is 27.2. The standard InChI is InChI=1S/C26H24F2N6O.C2H6/c1-3-4-8-21(27)22(28)15-34-24-9-10-30-14-23(24)33-26(34)20-12-18(13-31-25(20)29)17-6-5-7-19(11-17)32-16(2)35;1-2/h3-7,9-14H,8,15H2,1-2H3,(H2,29,31)(H,32,35);1-2H3/b4-3-,22-21-;. The van der Waals surface area contributed by atoms with Crippen LogP contribution >= 0.6 is 0 Å². The van der Waals surface area contributed by atoms with E-state index in [1.807, 2.05) is 32.0 Å². The number of nitrogens with zero attached hydrogens (tertiary/aromatic N) is 4. The molecule has 0 saturated heterocycles. The van der Waals surface area contributed by atoms with Crippen LogP contribution in [-0.2, 0) is 11.3 Å².